The van der Waals surface area contributed by atoms with Gasteiger partial charge in [0.15, 0.2) is 0 Å². The molecule has 2 aliphatic rings. The van der Waals surface area contributed by atoms with Gasteiger partial charge in [-0.05, 0) is 49.1 Å². The molecule has 1 aromatic rings. The maximum atomic E-state index is 12.0. The van der Waals surface area contributed by atoms with Gasteiger partial charge in [0.25, 0.3) is 0 Å². The fraction of sp³-hybridized carbons (Fsp3) is 0.667. The predicted octanol–water partition coefficient (Wildman–Crippen LogP) is 3.12. The molecule has 3 nitrogen and oxygen atoms in total. The fourth-order valence-corrected chi connectivity index (χ4v) is 5.98. The predicted molar refractivity (Wildman–Crippen MR) is 73.5 cm³/mol. The van der Waals surface area contributed by atoms with Crippen molar-refractivity contribution in [3.63, 3.8) is 0 Å². The molecule has 0 spiro atoms. The van der Waals surface area contributed by atoms with Crippen LogP contribution in [0.3, 0.4) is 0 Å². The zero-order valence-electron chi connectivity index (χ0n) is 9.93. The molecule has 2 saturated carbocycles. The first-order valence-corrected chi connectivity index (χ1v) is 8.97. The van der Waals surface area contributed by atoms with Crippen molar-refractivity contribution < 1.29 is 8.42 Å². The lowest BCUT2D eigenvalue weighted by Gasteiger charge is -2.21. The van der Waals surface area contributed by atoms with E-state index < -0.39 is 10.0 Å². The van der Waals surface area contributed by atoms with E-state index in [0.717, 1.165) is 23.2 Å². The number of hydrogen-bond donors (Lipinski definition) is 1. The monoisotopic (exact) mass is 305 g/mol. The third kappa shape index (κ3) is 2.46. The van der Waals surface area contributed by atoms with Gasteiger partial charge < -0.3 is 0 Å². The highest BCUT2D eigenvalue weighted by molar-refractivity contribution is 7.91. The van der Waals surface area contributed by atoms with Crippen LogP contribution in [0, 0.1) is 17.8 Å². The first kappa shape index (κ1) is 12.9. The number of sulfonamides is 1. The lowest BCUT2D eigenvalue weighted by molar-refractivity contribution is 0.333. The van der Waals surface area contributed by atoms with E-state index in [1.165, 1.54) is 25.7 Å². The van der Waals surface area contributed by atoms with Crippen molar-refractivity contribution in [1.29, 1.82) is 0 Å². The molecule has 0 saturated heterocycles. The zero-order chi connectivity index (χ0) is 12.8. The molecule has 0 amide bonds. The molecule has 2 bridgehead atoms. The Labute approximate surface area is 117 Å². The van der Waals surface area contributed by atoms with Gasteiger partial charge in [-0.2, -0.15) is 0 Å². The molecule has 2 fully saturated rings. The van der Waals surface area contributed by atoms with Crippen LogP contribution in [0.4, 0.5) is 0 Å². The van der Waals surface area contributed by atoms with Crippen molar-refractivity contribution in [2.45, 2.75) is 29.9 Å². The molecule has 100 valence electrons. The van der Waals surface area contributed by atoms with Gasteiger partial charge in [0.1, 0.15) is 4.21 Å². The fourth-order valence-electron chi connectivity index (χ4n) is 3.36. The highest BCUT2D eigenvalue weighted by Crippen LogP contribution is 2.48. The van der Waals surface area contributed by atoms with E-state index in [0.29, 0.717) is 21.0 Å². The van der Waals surface area contributed by atoms with Crippen LogP contribution in [0.15, 0.2) is 16.3 Å². The third-order valence-corrected chi connectivity index (χ3v) is 7.38. The Bertz CT molecular complexity index is 540. The molecule has 0 radical (unpaired) electrons. The summed E-state index contributed by atoms with van der Waals surface area (Å²) in [5, 5.41) is 0. The summed E-state index contributed by atoms with van der Waals surface area (Å²) < 4.78 is 27.7. The summed E-state index contributed by atoms with van der Waals surface area (Å²) in [4.78, 5) is 0. The minimum Gasteiger partial charge on any atom is -0.210 e. The Kier molecular flexibility index (Phi) is 3.43. The van der Waals surface area contributed by atoms with Crippen LogP contribution < -0.4 is 4.72 Å². The van der Waals surface area contributed by atoms with Crippen molar-refractivity contribution in [3.05, 3.63) is 16.5 Å². The molecule has 3 atom stereocenters. The number of hydrogen-bond acceptors (Lipinski definition) is 3. The van der Waals surface area contributed by atoms with E-state index in [1.54, 1.807) is 12.1 Å². The number of halogens is 1. The summed E-state index contributed by atoms with van der Waals surface area (Å²) in [5.41, 5.74) is 0. The minimum absolute atomic E-state index is 0.315. The smallest absolute Gasteiger partial charge is 0.210 e. The van der Waals surface area contributed by atoms with Gasteiger partial charge in [0.05, 0.1) is 4.34 Å². The second kappa shape index (κ2) is 4.78. The Morgan fingerprint density at radius 3 is 2.72 bits per heavy atom. The maximum Gasteiger partial charge on any atom is 0.250 e. The average Bonchev–Trinajstić information content (AvgIpc) is 3.01. The summed E-state index contributed by atoms with van der Waals surface area (Å²) in [5.74, 6) is 2.12. The second-order valence-electron chi connectivity index (χ2n) is 5.35. The van der Waals surface area contributed by atoms with Gasteiger partial charge in [-0.3, -0.25) is 0 Å². The molecule has 6 heteroatoms. The van der Waals surface area contributed by atoms with E-state index in [1.807, 2.05) is 0 Å². The van der Waals surface area contributed by atoms with Crippen molar-refractivity contribution in [2.24, 2.45) is 17.8 Å². The maximum absolute atomic E-state index is 12.0. The summed E-state index contributed by atoms with van der Waals surface area (Å²) >= 11 is 6.88. The number of rotatable bonds is 4. The van der Waals surface area contributed by atoms with Gasteiger partial charge in [-0.1, -0.05) is 18.0 Å². The number of nitrogens with one attached hydrogen (secondary N) is 1. The van der Waals surface area contributed by atoms with Crippen LogP contribution in [0.25, 0.3) is 0 Å². The van der Waals surface area contributed by atoms with E-state index in [-0.39, 0.29) is 0 Å². The Hall–Kier alpha value is -0.100. The second-order valence-corrected chi connectivity index (χ2v) is 9.05. The van der Waals surface area contributed by atoms with Gasteiger partial charge in [-0.15, -0.1) is 11.3 Å². The molecule has 1 N–H and O–H groups in total. The molecule has 3 rings (SSSR count). The standard InChI is InChI=1S/C12H16ClNO2S2/c13-11-3-4-12(17-11)18(15,16)14-7-10-6-8-1-2-9(10)5-8/h3-4,8-10,14H,1-2,5-7H2/t8-,9-,10-/m0/s1. The van der Waals surface area contributed by atoms with E-state index >= 15 is 0 Å². The van der Waals surface area contributed by atoms with Gasteiger partial charge in [0.2, 0.25) is 10.0 Å². The van der Waals surface area contributed by atoms with Crippen LogP contribution in [-0.2, 0) is 10.0 Å². The van der Waals surface area contributed by atoms with E-state index in [4.69, 9.17) is 11.6 Å². The minimum atomic E-state index is -3.36. The number of fused-ring (bicyclic) bond motifs is 2. The SMILES string of the molecule is O=S(=O)(NC[C@@H]1C[C@H]2CC[C@H]1C2)c1ccc(Cl)s1. The molecule has 0 unspecified atom stereocenters. The van der Waals surface area contributed by atoms with E-state index in [9.17, 15) is 8.42 Å². The molecule has 1 aromatic heterocycles. The lowest BCUT2D eigenvalue weighted by atomic mass is 9.89. The summed E-state index contributed by atoms with van der Waals surface area (Å²) in [7, 11) is -3.36. The number of thiophene rings is 1. The van der Waals surface area contributed by atoms with E-state index in [2.05, 4.69) is 4.72 Å². The van der Waals surface area contributed by atoms with Crippen LogP contribution in [0.5, 0.6) is 0 Å². The van der Waals surface area contributed by atoms with Crippen LogP contribution in [0.1, 0.15) is 25.7 Å². The summed E-state index contributed by atoms with van der Waals surface area (Å²) in [6, 6.07) is 3.19. The largest absolute Gasteiger partial charge is 0.250 e. The quantitative estimate of drug-likeness (QED) is 0.929. The highest BCUT2D eigenvalue weighted by Gasteiger charge is 2.39. The first-order valence-electron chi connectivity index (χ1n) is 6.29. The van der Waals surface area contributed by atoms with Crippen LogP contribution in [-0.4, -0.2) is 15.0 Å². The highest BCUT2D eigenvalue weighted by atomic mass is 35.5. The molecular weight excluding hydrogens is 290 g/mol. The van der Waals surface area contributed by atoms with Crippen LogP contribution in [0.2, 0.25) is 4.34 Å². The molecule has 2 aliphatic carbocycles. The lowest BCUT2D eigenvalue weighted by Crippen LogP contribution is -2.31. The normalized spacial score (nSPS) is 31.1. The Balaban J connectivity index is 1.63. The van der Waals surface area contributed by atoms with Crippen molar-refractivity contribution in [1.82, 2.24) is 4.72 Å². The Morgan fingerprint density at radius 2 is 2.17 bits per heavy atom. The molecule has 18 heavy (non-hydrogen) atoms. The molecule has 0 aliphatic heterocycles. The van der Waals surface area contributed by atoms with Crippen molar-refractivity contribution >= 4 is 33.0 Å². The van der Waals surface area contributed by atoms with Crippen molar-refractivity contribution in [3.8, 4) is 0 Å². The summed E-state index contributed by atoms with van der Waals surface area (Å²) in [6.45, 7) is 0.582. The molecular formula is C12H16ClNO2S2. The zero-order valence-corrected chi connectivity index (χ0v) is 12.3. The molecule has 1 heterocycles. The summed E-state index contributed by atoms with van der Waals surface area (Å²) in [6.07, 6.45) is 5.12. The molecule has 0 aromatic carbocycles. The van der Waals surface area contributed by atoms with Gasteiger partial charge >= 0.3 is 0 Å². The van der Waals surface area contributed by atoms with Gasteiger partial charge in [0, 0.05) is 6.54 Å². The topological polar surface area (TPSA) is 46.2 Å². The first-order chi connectivity index (χ1) is 8.54. The van der Waals surface area contributed by atoms with Crippen molar-refractivity contribution in [2.75, 3.05) is 6.54 Å². The third-order valence-electron chi connectivity index (χ3n) is 4.23. The Morgan fingerprint density at radius 1 is 1.33 bits per heavy atom. The van der Waals surface area contributed by atoms with Gasteiger partial charge in [-0.25, -0.2) is 13.1 Å². The van der Waals surface area contributed by atoms with Crippen LogP contribution >= 0.6 is 22.9 Å². The average molecular weight is 306 g/mol.